The van der Waals surface area contributed by atoms with Gasteiger partial charge in [0.05, 0.1) is 22.1 Å². The molecule has 0 fully saturated rings. The third kappa shape index (κ3) is 1.87. The van der Waals surface area contributed by atoms with E-state index in [-0.39, 0.29) is 5.41 Å². The minimum Gasteiger partial charge on any atom is -0.309 e. The van der Waals surface area contributed by atoms with Gasteiger partial charge in [-0.25, -0.2) is 0 Å². The summed E-state index contributed by atoms with van der Waals surface area (Å²) in [5.74, 6) is 0. The summed E-state index contributed by atoms with van der Waals surface area (Å²) < 4.78 is 2.49. The van der Waals surface area contributed by atoms with Crippen molar-refractivity contribution >= 4 is 27.4 Å². The molecule has 1 heteroatoms. The molecule has 1 aromatic heterocycles. The van der Waals surface area contributed by atoms with Gasteiger partial charge in [0.2, 0.25) is 0 Å². The van der Waals surface area contributed by atoms with Crippen molar-refractivity contribution in [3.8, 4) is 5.69 Å². The minimum absolute atomic E-state index is 0.286. The summed E-state index contributed by atoms with van der Waals surface area (Å²) in [5, 5.41) is 2.65. The van der Waals surface area contributed by atoms with Crippen LogP contribution in [-0.2, 0) is 5.41 Å². The van der Waals surface area contributed by atoms with E-state index >= 15 is 0 Å². The third-order valence-corrected chi connectivity index (χ3v) is 7.57. The van der Waals surface area contributed by atoms with E-state index < -0.39 is 0 Å². The smallest absolute Gasteiger partial charge is 0.0714 e. The van der Waals surface area contributed by atoms with Gasteiger partial charge in [0, 0.05) is 10.8 Å². The van der Waals surface area contributed by atoms with E-state index in [1.54, 1.807) is 0 Å². The van der Waals surface area contributed by atoms with Gasteiger partial charge in [0.1, 0.15) is 0 Å². The molecule has 2 heterocycles. The van der Waals surface area contributed by atoms with Crippen LogP contribution in [0.4, 0.5) is 0 Å². The zero-order valence-electron chi connectivity index (χ0n) is 18.3. The van der Waals surface area contributed by atoms with E-state index in [0.717, 1.165) is 0 Å². The first kappa shape index (κ1) is 17.8. The number of fused-ring (bicyclic) bond motifs is 9. The van der Waals surface area contributed by atoms with E-state index in [4.69, 9.17) is 0 Å². The number of allylic oxidation sites excluding steroid dienone is 4. The Kier molecular flexibility index (Phi) is 3.40. The molecule has 4 aromatic carbocycles. The molecule has 1 aliphatic carbocycles. The topological polar surface area (TPSA) is 4.93 Å². The molecule has 1 nitrogen and oxygen atoms in total. The standard InChI is InChI=1S/C31H23N/c1-3-11-21-20(2)31(25-15-6-4-12-22(21)25)26-16-7-9-19-29(26)32-28-18-8-5-13-23(28)24-14-10-17-27(31)30(24)32/h3-19H,1-2H3/b11-3-. The van der Waals surface area contributed by atoms with Crippen LogP contribution in [0.5, 0.6) is 0 Å². The zero-order valence-corrected chi connectivity index (χ0v) is 18.3. The highest BCUT2D eigenvalue weighted by Gasteiger charge is 2.49. The summed E-state index contributed by atoms with van der Waals surface area (Å²) in [6, 6.07) is 33.7. The molecular weight excluding hydrogens is 386 g/mol. The fourth-order valence-electron chi connectivity index (χ4n) is 6.43. The van der Waals surface area contributed by atoms with Gasteiger partial charge in [-0.2, -0.15) is 0 Å². The van der Waals surface area contributed by atoms with Crippen LogP contribution in [0.1, 0.15) is 36.1 Å². The number of nitrogens with zero attached hydrogens (tertiary/aromatic N) is 1. The molecule has 1 aliphatic heterocycles. The van der Waals surface area contributed by atoms with Gasteiger partial charge >= 0.3 is 0 Å². The van der Waals surface area contributed by atoms with Gasteiger partial charge in [-0.1, -0.05) is 91.0 Å². The second-order valence-corrected chi connectivity index (χ2v) is 8.91. The molecule has 5 aromatic rings. The molecule has 1 atom stereocenters. The van der Waals surface area contributed by atoms with Crippen molar-refractivity contribution in [1.82, 2.24) is 4.57 Å². The second-order valence-electron chi connectivity index (χ2n) is 8.91. The van der Waals surface area contributed by atoms with E-state index in [1.807, 2.05) is 0 Å². The van der Waals surface area contributed by atoms with Crippen molar-refractivity contribution < 1.29 is 0 Å². The highest BCUT2D eigenvalue weighted by Crippen LogP contribution is 2.59. The molecule has 1 spiro atoms. The average molecular weight is 410 g/mol. The Labute approximate surface area is 187 Å². The fourth-order valence-corrected chi connectivity index (χ4v) is 6.43. The lowest BCUT2D eigenvalue weighted by atomic mass is 9.65. The van der Waals surface area contributed by atoms with Crippen molar-refractivity contribution in [2.24, 2.45) is 0 Å². The normalized spacial score (nSPS) is 18.8. The maximum atomic E-state index is 2.49. The molecule has 2 aliphatic rings. The van der Waals surface area contributed by atoms with Crippen LogP contribution < -0.4 is 0 Å². The van der Waals surface area contributed by atoms with Crippen LogP contribution in [0.3, 0.4) is 0 Å². The van der Waals surface area contributed by atoms with Gasteiger partial charge in [-0.3, -0.25) is 0 Å². The number of aromatic nitrogens is 1. The third-order valence-electron chi connectivity index (χ3n) is 7.57. The molecule has 0 N–H and O–H groups in total. The summed E-state index contributed by atoms with van der Waals surface area (Å²) in [5.41, 5.74) is 11.9. The number of hydrogen-bond donors (Lipinski definition) is 0. The first-order valence-corrected chi connectivity index (χ1v) is 11.3. The first-order chi connectivity index (χ1) is 15.8. The fraction of sp³-hybridized carbons (Fsp3) is 0.0968. The van der Waals surface area contributed by atoms with E-state index in [2.05, 4.69) is 122 Å². The monoisotopic (exact) mass is 409 g/mol. The summed E-state index contributed by atoms with van der Waals surface area (Å²) in [6.45, 7) is 4.45. The van der Waals surface area contributed by atoms with E-state index in [9.17, 15) is 0 Å². The molecule has 0 saturated carbocycles. The average Bonchev–Trinajstić information content (AvgIpc) is 3.30. The summed E-state index contributed by atoms with van der Waals surface area (Å²) in [4.78, 5) is 0. The molecule has 0 radical (unpaired) electrons. The van der Waals surface area contributed by atoms with Crippen LogP contribution in [0.25, 0.3) is 33.1 Å². The van der Waals surface area contributed by atoms with E-state index in [1.165, 1.54) is 60.9 Å². The molecule has 152 valence electrons. The Morgan fingerprint density at radius 1 is 0.688 bits per heavy atom. The number of rotatable bonds is 1. The molecule has 32 heavy (non-hydrogen) atoms. The van der Waals surface area contributed by atoms with Crippen molar-refractivity contribution in [2.75, 3.05) is 0 Å². The van der Waals surface area contributed by atoms with Gasteiger partial charge in [0.15, 0.2) is 0 Å². The highest BCUT2D eigenvalue weighted by molar-refractivity contribution is 6.12. The molecule has 1 unspecified atom stereocenters. The Hall–Kier alpha value is -3.84. The van der Waals surface area contributed by atoms with Crippen LogP contribution in [-0.4, -0.2) is 4.57 Å². The Morgan fingerprint density at radius 2 is 1.38 bits per heavy atom. The number of hydrogen-bond acceptors (Lipinski definition) is 0. The summed E-state index contributed by atoms with van der Waals surface area (Å²) in [6.07, 6.45) is 4.46. The van der Waals surface area contributed by atoms with Crippen LogP contribution in [0, 0.1) is 0 Å². The first-order valence-electron chi connectivity index (χ1n) is 11.3. The highest BCUT2D eigenvalue weighted by atomic mass is 15.0. The molecule has 0 amide bonds. The van der Waals surface area contributed by atoms with Crippen molar-refractivity contribution in [2.45, 2.75) is 19.3 Å². The number of para-hydroxylation sites is 3. The van der Waals surface area contributed by atoms with Crippen LogP contribution in [0.15, 0.2) is 109 Å². The lowest BCUT2D eigenvalue weighted by Crippen LogP contribution is -2.33. The van der Waals surface area contributed by atoms with Gasteiger partial charge in [-0.15, -0.1) is 0 Å². The predicted molar refractivity (Wildman–Crippen MR) is 135 cm³/mol. The van der Waals surface area contributed by atoms with Crippen molar-refractivity contribution in [3.63, 3.8) is 0 Å². The number of benzene rings is 4. The lowest BCUT2D eigenvalue weighted by molar-refractivity contribution is 0.726. The minimum atomic E-state index is -0.286. The maximum absolute atomic E-state index is 2.49. The van der Waals surface area contributed by atoms with Gasteiger partial charge in [0.25, 0.3) is 0 Å². The van der Waals surface area contributed by atoms with E-state index in [0.29, 0.717) is 0 Å². The van der Waals surface area contributed by atoms with Gasteiger partial charge < -0.3 is 4.57 Å². The predicted octanol–water partition coefficient (Wildman–Crippen LogP) is 7.79. The van der Waals surface area contributed by atoms with Gasteiger partial charge in [-0.05, 0) is 59.4 Å². The van der Waals surface area contributed by atoms with Crippen molar-refractivity contribution in [1.29, 1.82) is 0 Å². The SMILES string of the molecule is C/C=C\C1=C(C)C2(c3ccccc31)c1ccccc1-n1c3ccccc3c3cccc2c31. The molecular formula is C31H23N. The second kappa shape index (κ2) is 6.11. The summed E-state index contributed by atoms with van der Waals surface area (Å²) in [7, 11) is 0. The zero-order chi connectivity index (χ0) is 21.4. The Morgan fingerprint density at radius 3 is 2.25 bits per heavy atom. The van der Waals surface area contributed by atoms with Crippen LogP contribution in [0.2, 0.25) is 0 Å². The van der Waals surface area contributed by atoms with Crippen molar-refractivity contribution in [3.05, 3.63) is 131 Å². The molecule has 7 rings (SSSR count). The Balaban J connectivity index is 1.79. The quantitative estimate of drug-likeness (QED) is 0.266. The molecule has 0 bridgehead atoms. The Bertz CT molecular complexity index is 1640. The largest absolute Gasteiger partial charge is 0.309 e. The lowest BCUT2D eigenvalue weighted by Gasteiger charge is -2.40. The maximum Gasteiger partial charge on any atom is 0.0714 e. The molecule has 0 saturated heterocycles. The van der Waals surface area contributed by atoms with Crippen LogP contribution >= 0.6 is 0 Å². The summed E-state index contributed by atoms with van der Waals surface area (Å²) >= 11 is 0.